The molecule has 3 rings (SSSR count). The van der Waals surface area contributed by atoms with Crippen LogP contribution >= 0.6 is 23.2 Å². The van der Waals surface area contributed by atoms with Crippen LogP contribution in [0, 0.1) is 6.92 Å². The molecule has 0 heterocycles. The lowest BCUT2D eigenvalue weighted by molar-refractivity contribution is -0.140. The van der Waals surface area contributed by atoms with Gasteiger partial charge in [-0.05, 0) is 75.6 Å². The van der Waals surface area contributed by atoms with Gasteiger partial charge in [0.2, 0.25) is 11.8 Å². The maximum Gasteiger partial charge on any atom is 0.264 e. The van der Waals surface area contributed by atoms with Gasteiger partial charge >= 0.3 is 0 Å². The zero-order valence-electron chi connectivity index (χ0n) is 25.1. The molecule has 3 aromatic rings. The Kier molecular flexibility index (Phi) is 12.3. The second-order valence-corrected chi connectivity index (χ2v) is 12.9. The van der Waals surface area contributed by atoms with Crippen LogP contribution in [0.25, 0.3) is 0 Å². The fourth-order valence-electron chi connectivity index (χ4n) is 4.49. The molecule has 43 heavy (non-hydrogen) atoms. The van der Waals surface area contributed by atoms with Gasteiger partial charge in [0, 0.05) is 22.6 Å². The molecule has 0 spiro atoms. The van der Waals surface area contributed by atoms with Crippen LogP contribution < -0.4 is 14.4 Å². The zero-order chi connectivity index (χ0) is 31.7. The number of anilines is 1. The average molecular weight is 649 g/mol. The summed E-state index contributed by atoms with van der Waals surface area (Å²) < 4.78 is 35.1. The Labute approximate surface area is 265 Å². The molecule has 0 saturated carbocycles. The third kappa shape index (κ3) is 8.65. The first-order valence-electron chi connectivity index (χ1n) is 14.3. The van der Waals surface area contributed by atoms with E-state index in [4.69, 9.17) is 27.9 Å². The van der Waals surface area contributed by atoms with E-state index in [-0.39, 0.29) is 35.7 Å². The number of sulfonamides is 1. The summed E-state index contributed by atoms with van der Waals surface area (Å²) in [6.45, 7) is 8.95. The molecule has 0 aliphatic carbocycles. The van der Waals surface area contributed by atoms with Crippen molar-refractivity contribution in [3.05, 3.63) is 87.9 Å². The van der Waals surface area contributed by atoms with Crippen molar-refractivity contribution >= 4 is 50.7 Å². The van der Waals surface area contributed by atoms with Crippen LogP contribution in [0.2, 0.25) is 10.0 Å². The molecule has 0 aliphatic rings. The van der Waals surface area contributed by atoms with E-state index in [9.17, 15) is 18.0 Å². The number of halogens is 2. The number of carbonyl (C=O) groups is 2. The highest BCUT2D eigenvalue weighted by molar-refractivity contribution is 7.92. The molecule has 0 unspecified atom stereocenters. The summed E-state index contributed by atoms with van der Waals surface area (Å²) in [4.78, 5) is 29.2. The zero-order valence-corrected chi connectivity index (χ0v) is 27.5. The van der Waals surface area contributed by atoms with E-state index in [1.807, 2.05) is 20.8 Å². The molecule has 0 aromatic heterocycles. The minimum absolute atomic E-state index is 0.0195. The van der Waals surface area contributed by atoms with E-state index in [0.717, 1.165) is 9.87 Å². The van der Waals surface area contributed by atoms with Crippen molar-refractivity contribution < 1.29 is 22.7 Å². The largest absolute Gasteiger partial charge is 0.492 e. The lowest BCUT2D eigenvalue weighted by Crippen LogP contribution is -2.53. The first-order valence-corrected chi connectivity index (χ1v) is 16.5. The minimum Gasteiger partial charge on any atom is -0.492 e. The molecule has 0 radical (unpaired) electrons. The molecule has 232 valence electrons. The molecule has 0 fully saturated rings. The van der Waals surface area contributed by atoms with Gasteiger partial charge in [-0.2, -0.15) is 0 Å². The van der Waals surface area contributed by atoms with Gasteiger partial charge in [-0.3, -0.25) is 13.9 Å². The van der Waals surface area contributed by atoms with Gasteiger partial charge in [-0.1, -0.05) is 72.9 Å². The predicted molar refractivity (Wildman–Crippen MR) is 172 cm³/mol. The Morgan fingerprint density at radius 3 is 2.23 bits per heavy atom. The van der Waals surface area contributed by atoms with Crippen molar-refractivity contribution in [2.45, 2.75) is 71.0 Å². The smallest absolute Gasteiger partial charge is 0.264 e. The van der Waals surface area contributed by atoms with E-state index in [1.165, 1.54) is 17.0 Å². The molecule has 0 aliphatic heterocycles. The first kappa shape index (κ1) is 34.2. The summed E-state index contributed by atoms with van der Waals surface area (Å²) in [5.74, 6) is -0.612. The third-order valence-corrected chi connectivity index (χ3v) is 9.43. The Morgan fingerprint density at radius 2 is 1.63 bits per heavy atom. The number of carbonyl (C=O) groups excluding carboxylic acids is 2. The average Bonchev–Trinajstić information content (AvgIpc) is 2.97. The van der Waals surface area contributed by atoms with Gasteiger partial charge in [0.15, 0.2) is 0 Å². The van der Waals surface area contributed by atoms with Crippen molar-refractivity contribution in [2.75, 3.05) is 17.5 Å². The van der Waals surface area contributed by atoms with Gasteiger partial charge in [0.05, 0.1) is 17.2 Å². The van der Waals surface area contributed by atoms with E-state index in [1.54, 1.807) is 68.4 Å². The van der Waals surface area contributed by atoms with Crippen molar-refractivity contribution in [2.24, 2.45) is 0 Å². The predicted octanol–water partition coefficient (Wildman–Crippen LogP) is 6.62. The highest BCUT2D eigenvalue weighted by atomic mass is 35.5. The van der Waals surface area contributed by atoms with Crippen LogP contribution in [-0.2, 0) is 26.2 Å². The standard InChI is InChI=1S/C32H39Cl2N3O5S/c1-6-23(5)35-32(39)28(7-2)36(20-24-15-16-25(33)19-27(24)34)31(38)21-37(29-11-9-10-12-30(29)42-8-3)43(40,41)26-17-13-22(4)14-18-26/h9-19,23,28H,6-8,20-21H2,1-5H3,(H,35,39)/t23-,28-/m0/s1. The van der Waals surface area contributed by atoms with Gasteiger partial charge in [-0.15, -0.1) is 0 Å². The van der Waals surface area contributed by atoms with Crippen molar-refractivity contribution in [3.63, 3.8) is 0 Å². The monoisotopic (exact) mass is 647 g/mol. The molecule has 1 N–H and O–H groups in total. The molecule has 0 saturated heterocycles. The van der Waals surface area contributed by atoms with E-state index in [2.05, 4.69) is 5.32 Å². The summed E-state index contributed by atoms with van der Waals surface area (Å²) in [5, 5.41) is 3.71. The SMILES string of the molecule is CCOc1ccccc1N(CC(=O)N(Cc1ccc(Cl)cc1Cl)[C@@H](CC)C(=O)N[C@@H](C)CC)S(=O)(=O)c1ccc(C)cc1. The molecule has 3 aromatic carbocycles. The van der Waals surface area contributed by atoms with Gasteiger partial charge < -0.3 is 15.0 Å². The fraction of sp³-hybridized carbons (Fsp3) is 0.375. The van der Waals surface area contributed by atoms with E-state index < -0.39 is 28.5 Å². The van der Waals surface area contributed by atoms with Crippen molar-refractivity contribution in [1.29, 1.82) is 0 Å². The third-order valence-electron chi connectivity index (χ3n) is 7.06. The number of ether oxygens (including phenoxy) is 1. The van der Waals surface area contributed by atoms with Crippen LogP contribution in [0.5, 0.6) is 5.75 Å². The Bertz CT molecular complexity index is 1520. The summed E-state index contributed by atoms with van der Waals surface area (Å²) in [6, 6.07) is 17.0. The number of nitrogens with one attached hydrogen (secondary N) is 1. The molecule has 8 nitrogen and oxygen atoms in total. The maximum absolute atomic E-state index is 14.3. The van der Waals surface area contributed by atoms with Gasteiger partial charge in [0.25, 0.3) is 10.0 Å². The van der Waals surface area contributed by atoms with Crippen molar-refractivity contribution in [1.82, 2.24) is 10.2 Å². The molecule has 11 heteroatoms. The molecule has 2 amide bonds. The summed E-state index contributed by atoms with van der Waals surface area (Å²) in [7, 11) is -4.24. The van der Waals surface area contributed by atoms with E-state index >= 15 is 0 Å². The van der Waals surface area contributed by atoms with Crippen LogP contribution in [0.1, 0.15) is 51.7 Å². The highest BCUT2D eigenvalue weighted by Crippen LogP contribution is 2.33. The van der Waals surface area contributed by atoms with Crippen LogP contribution in [0.4, 0.5) is 5.69 Å². The number of para-hydroxylation sites is 2. The summed E-state index contributed by atoms with van der Waals surface area (Å²) in [5.41, 5.74) is 1.66. The Hall–Kier alpha value is -3.27. The van der Waals surface area contributed by atoms with Crippen LogP contribution in [-0.4, -0.2) is 50.4 Å². The number of benzene rings is 3. The number of nitrogens with zero attached hydrogens (tertiary/aromatic N) is 2. The second kappa shape index (κ2) is 15.5. The van der Waals surface area contributed by atoms with Crippen molar-refractivity contribution in [3.8, 4) is 5.75 Å². The lowest BCUT2D eigenvalue weighted by atomic mass is 10.1. The fourth-order valence-corrected chi connectivity index (χ4v) is 6.38. The number of rotatable bonds is 14. The lowest BCUT2D eigenvalue weighted by Gasteiger charge is -2.34. The number of amides is 2. The Morgan fingerprint density at radius 1 is 0.953 bits per heavy atom. The molecular formula is C32H39Cl2N3O5S. The van der Waals surface area contributed by atoms with Crippen LogP contribution in [0.15, 0.2) is 71.6 Å². The van der Waals surface area contributed by atoms with Gasteiger partial charge in [0.1, 0.15) is 18.3 Å². The highest BCUT2D eigenvalue weighted by Gasteiger charge is 2.35. The molecule has 0 bridgehead atoms. The summed E-state index contributed by atoms with van der Waals surface area (Å²) >= 11 is 12.6. The molecular weight excluding hydrogens is 609 g/mol. The first-order chi connectivity index (χ1) is 20.4. The molecule has 2 atom stereocenters. The number of hydrogen-bond donors (Lipinski definition) is 1. The minimum atomic E-state index is -4.24. The van der Waals surface area contributed by atoms with Gasteiger partial charge in [-0.25, -0.2) is 8.42 Å². The normalized spacial score (nSPS) is 12.7. The number of hydrogen-bond acceptors (Lipinski definition) is 5. The maximum atomic E-state index is 14.3. The summed E-state index contributed by atoms with van der Waals surface area (Å²) in [6.07, 6.45) is 0.995. The Balaban J connectivity index is 2.13. The quantitative estimate of drug-likeness (QED) is 0.212. The van der Waals surface area contributed by atoms with E-state index in [0.29, 0.717) is 34.2 Å². The topological polar surface area (TPSA) is 96.0 Å². The van der Waals surface area contributed by atoms with Crippen LogP contribution in [0.3, 0.4) is 0 Å². The number of aryl methyl sites for hydroxylation is 1. The second-order valence-electron chi connectivity index (χ2n) is 10.2.